The maximum absolute atomic E-state index is 12.3. The Morgan fingerprint density at radius 1 is 1.38 bits per heavy atom. The number of sulfonamides is 1. The van der Waals surface area contributed by atoms with E-state index in [1.54, 1.807) is 13.8 Å². The summed E-state index contributed by atoms with van der Waals surface area (Å²) < 4.78 is 43.5. The van der Waals surface area contributed by atoms with Gasteiger partial charge in [-0.3, -0.25) is 0 Å². The summed E-state index contributed by atoms with van der Waals surface area (Å²) in [7, 11) is -1.98. The molecule has 7 heteroatoms. The molecule has 1 rings (SSSR count). The number of nitrogens with zero attached hydrogens (tertiary/aromatic N) is 1. The summed E-state index contributed by atoms with van der Waals surface area (Å²) in [6.45, 7) is 3.70. The van der Waals surface area contributed by atoms with Crippen LogP contribution in [0.5, 0.6) is 5.75 Å². The van der Waals surface area contributed by atoms with Gasteiger partial charge in [-0.1, -0.05) is 0 Å². The van der Waals surface area contributed by atoms with Gasteiger partial charge in [0, 0.05) is 25.2 Å². The topological polar surface area (TPSA) is 72.6 Å². The monoisotopic (exact) mass is 316 g/mol. The molecule has 0 heterocycles. The van der Waals surface area contributed by atoms with Crippen molar-refractivity contribution in [2.45, 2.75) is 24.8 Å². The van der Waals surface area contributed by atoms with Crippen molar-refractivity contribution in [2.75, 3.05) is 20.2 Å². The Morgan fingerprint density at radius 2 is 1.95 bits per heavy atom. The molecule has 0 saturated carbocycles. The Bertz CT molecular complexity index is 583. The summed E-state index contributed by atoms with van der Waals surface area (Å²) in [6, 6.07) is 5.86. The normalized spacial score (nSPS) is 13.0. The number of ether oxygens (including phenoxy) is 1. The summed E-state index contributed by atoms with van der Waals surface area (Å²) in [5.74, 6) is 0.453. The largest absolute Gasteiger partial charge is 0.489 e. The van der Waals surface area contributed by atoms with Gasteiger partial charge in [-0.25, -0.2) is 12.8 Å². The van der Waals surface area contributed by atoms with E-state index in [-0.39, 0.29) is 24.1 Å². The van der Waals surface area contributed by atoms with Crippen LogP contribution in [0.3, 0.4) is 0 Å². The molecule has 0 amide bonds. The number of rotatable bonds is 7. The van der Waals surface area contributed by atoms with Gasteiger partial charge in [0.05, 0.1) is 11.2 Å². The predicted octanol–water partition coefficient (Wildman–Crippen LogP) is 1.91. The smallest absolute Gasteiger partial charge is 0.243 e. The number of hydrogen-bond acceptors (Lipinski definition) is 4. The second-order valence-corrected chi connectivity index (χ2v) is 6.84. The lowest BCUT2D eigenvalue weighted by Crippen LogP contribution is -2.32. The average Bonchev–Trinajstić information content (AvgIpc) is 2.47. The molecule has 0 fully saturated rings. The van der Waals surface area contributed by atoms with Crippen LogP contribution in [-0.4, -0.2) is 39.0 Å². The SMILES string of the molecule is CC(C)N(C)S(=O)(=O)c1ccc(OCC(=CF)CN)cc1. The maximum atomic E-state index is 12.3. The van der Waals surface area contributed by atoms with E-state index in [0.29, 0.717) is 17.7 Å². The van der Waals surface area contributed by atoms with Gasteiger partial charge in [-0.2, -0.15) is 4.31 Å². The Labute approximate surface area is 125 Å². The van der Waals surface area contributed by atoms with Gasteiger partial charge in [0.2, 0.25) is 10.0 Å². The zero-order valence-electron chi connectivity index (χ0n) is 12.4. The predicted molar refractivity (Wildman–Crippen MR) is 80.3 cm³/mol. The van der Waals surface area contributed by atoms with Gasteiger partial charge >= 0.3 is 0 Å². The van der Waals surface area contributed by atoms with E-state index in [1.807, 2.05) is 0 Å². The Balaban J connectivity index is 2.83. The summed E-state index contributed by atoms with van der Waals surface area (Å²) in [5.41, 5.74) is 5.64. The van der Waals surface area contributed by atoms with Gasteiger partial charge < -0.3 is 10.5 Å². The lowest BCUT2D eigenvalue weighted by Gasteiger charge is -2.21. The van der Waals surface area contributed by atoms with Crippen LogP contribution in [0.1, 0.15) is 13.8 Å². The summed E-state index contributed by atoms with van der Waals surface area (Å²) in [5, 5.41) is 0. The van der Waals surface area contributed by atoms with Crippen molar-refractivity contribution in [3.05, 3.63) is 36.2 Å². The van der Waals surface area contributed by atoms with E-state index >= 15 is 0 Å². The molecule has 0 aromatic heterocycles. The van der Waals surface area contributed by atoms with Crippen LogP contribution in [0.25, 0.3) is 0 Å². The standard InChI is InChI=1S/C14H21FN2O3S/c1-11(2)17(3)21(18,19)14-6-4-13(5-7-14)20-10-12(8-15)9-16/h4-8,11H,9-10,16H2,1-3H3. The van der Waals surface area contributed by atoms with E-state index < -0.39 is 10.0 Å². The number of benzene rings is 1. The van der Waals surface area contributed by atoms with E-state index in [0.717, 1.165) is 0 Å². The lowest BCUT2D eigenvalue weighted by molar-refractivity contribution is 0.347. The Morgan fingerprint density at radius 3 is 2.38 bits per heavy atom. The summed E-state index contributed by atoms with van der Waals surface area (Å²) in [4.78, 5) is 0.186. The molecule has 21 heavy (non-hydrogen) atoms. The third-order valence-electron chi connectivity index (χ3n) is 3.07. The molecule has 0 aliphatic heterocycles. The highest BCUT2D eigenvalue weighted by Crippen LogP contribution is 2.20. The highest BCUT2D eigenvalue weighted by atomic mass is 32.2. The van der Waals surface area contributed by atoms with Crippen LogP contribution in [0.4, 0.5) is 4.39 Å². The Hall–Kier alpha value is -1.44. The van der Waals surface area contributed by atoms with Crippen LogP contribution in [0, 0.1) is 0 Å². The van der Waals surface area contributed by atoms with Crippen LogP contribution >= 0.6 is 0 Å². The molecular weight excluding hydrogens is 295 g/mol. The first-order valence-corrected chi connectivity index (χ1v) is 7.96. The summed E-state index contributed by atoms with van der Waals surface area (Å²) in [6.07, 6.45) is 0.413. The van der Waals surface area contributed by atoms with E-state index in [1.165, 1.54) is 35.6 Å². The van der Waals surface area contributed by atoms with Gasteiger partial charge in [-0.15, -0.1) is 0 Å². The Kier molecular flexibility index (Phi) is 6.32. The molecule has 118 valence electrons. The van der Waals surface area contributed by atoms with Crippen molar-refractivity contribution in [3.8, 4) is 5.75 Å². The molecule has 0 unspecified atom stereocenters. The molecule has 0 spiro atoms. The molecule has 0 radical (unpaired) electrons. The van der Waals surface area contributed by atoms with Crippen LogP contribution in [0.15, 0.2) is 41.1 Å². The minimum Gasteiger partial charge on any atom is -0.489 e. The van der Waals surface area contributed by atoms with Crippen molar-refractivity contribution in [1.82, 2.24) is 4.31 Å². The van der Waals surface area contributed by atoms with Gasteiger partial charge in [0.25, 0.3) is 0 Å². The van der Waals surface area contributed by atoms with Crippen LogP contribution < -0.4 is 10.5 Å². The molecule has 0 aliphatic carbocycles. The molecule has 5 nitrogen and oxygen atoms in total. The maximum Gasteiger partial charge on any atom is 0.243 e. The zero-order valence-corrected chi connectivity index (χ0v) is 13.2. The summed E-state index contributed by atoms with van der Waals surface area (Å²) >= 11 is 0. The van der Waals surface area contributed by atoms with Crippen molar-refractivity contribution >= 4 is 10.0 Å². The second kappa shape index (κ2) is 7.53. The molecular formula is C14H21FN2O3S. The third kappa shape index (κ3) is 4.52. The molecule has 1 aromatic carbocycles. The molecule has 0 aliphatic rings. The van der Waals surface area contributed by atoms with Gasteiger partial charge in [0.15, 0.2) is 0 Å². The van der Waals surface area contributed by atoms with Crippen molar-refractivity contribution in [1.29, 1.82) is 0 Å². The number of halogens is 1. The average molecular weight is 316 g/mol. The fourth-order valence-corrected chi connectivity index (χ4v) is 2.83. The highest BCUT2D eigenvalue weighted by molar-refractivity contribution is 7.89. The fraction of sp³-hybridized carbons (Fsp3) is 0.429. The quantitative estimate of drug-likeness (QED) is 0.834. The minimum atomic E-state index is -3.51. The first kappa shape index (κ1) is 17.6. The minimum absolute atomic E-state index is 0.0327. The molecule has 0 atom stereocenters. The number of nitrogens with two attached hydrogens (primary N) is 1. The van der Waals surface area contributed by atoms with Crippen LogP contribution in [0.2, 0.25) is 0 Å². The van der Waals surface area contributed by atoms with Gasteiger partial charge in [-0.05, 0) is 38.1 Å². The fourth-order valence-electron chi connectivity index (χ4n) is 1.46. The van der Waals surface area contributed by atoms with Crippen molar-refractivity contribution < 1.29 is 17.5 Å². The van der Waals surface area contributed by atoms with Crippen LogP contribution in [-0.2, 0) is 10.0 Å². The molecule has 1 aromatic rings. The second-order valence-electron chi connectivity index (χ2n) is 4.85. The molecule has 0 saturated heterocycles. The van der Waals surface area contributed by atoms with Gasteiger partial charge in [0.1, 0.15) is 12.4 Å². The van der Waals surface area contributed by atoms with E-state index in [2.05, 4.69) is 0 Å². The van der Waals surface area contributed by atoms with E-state index in [9.17, 15) is 12.8 Å². The third-order valence-corrected chi connectivity index (χ3v) is 5.12. The van der Waals surface area contributed by atoms with Crippen molar-refractivity contribution in [3.63, 3.8) is 0 Å². The molecule has 2 N–H and O–H groups in total. The number of hydrogen-bond donors (Lipinski definition) is 1. The van der Waals surface area contributed by atoms with E-state index in [4.69, 9.17) is 10.5 Å². The van der Waals surface area contributed by atoms with Crippen molar-refractivity contribution in [2.24, 2.45) is 5.73 Å². The first-order chi connectivity index (χ1) is 9.82. The highest BCUT2D eigenvalue weighted by Gasteiger charge is 2.22. The molecule has 0 bridgehead atoms. The first-order valence-electron chi connectivity index (χ1n) is 6.52. The lowest BCUT2D eigenvalue weighted by atomic mass is 10.3. The zero-order chi connectivity index (χ0) is 16.0.